The van der Waals surface area contributed by atoms with Crippen LogP contribution in [0.25, 0.3) is 54.9 Å². The van der Waals surface area contributed by atoms with Crippen molar-refractivity contribution in [3.8, 4) is 24.3 Å². The SMILES string of the molecule is CCCCCCN(CCCCCC)c1ccc(/C(Cl)=C/c2ccc3c(=C(C#N)C#N)c4cc(/C=C(\Cl)c5ccc(N(CCCCCC)CCCCCC)cc5)ccc4c(=C(C#N)C#N)c3c2)cc1. The van der Waals surface area contributed by atoms with Crippen LogP contribution in [0.15, 0.2) is 84.9 Å². The second kappa shape index (κ2) is 28.3. The van der Waals surface area contributed by atoms with E-state index < -0.39 is 0 Å². The molecule has 8 heteroatoms. The monoisotopic (exact) mass is 942 g/mol. The zero-order valence-electron chi connectivity index (χ0n) is 40.8. The van der Waals surface area contributed by atoms with Crippen LogP contribution in [0, 0.1) is 45.3 Å². The standard InChI is InChI=1S/C60H68Cl2N6/c1-5-9-13-17-33-67(34-18-14-10-6-2)51-27-23-47(24-28-51)57(61)39-45-21-31-53-55(37-45)59(49(41-63)42-64)54-32-22-46(38-56(54)60(53)50(43-65)44-66)40-58(62)48-25-29-52(30-26-48)68(35-19-15-11-7-3)36-20-16-12-8-4/h21-32,37-40H,5-20,33-36H2,1-4H3/b57-39-,58-40-. The Kier molecular flexibility index (Phi) is 22.1. The van der Waals surface area contributed by atoms with E-state index in [0.29, 0.717) is 42.0 Å². The molecule has 6 nitrogen and oxygen atoms in total. The van der Waals surface area contributed by atoms with Gasteiger partial charge in [-0.15, -0.1) is 0 Å². The van der Waals surface area contributed by atoms with E-state index in [1.807, 2.05) is 48.6 Å². The van der Waals surface area contributed by atoms with Crippen LogP contribution in [0.1, 0.15) is 153 Å². The molecule has 5 aromatic carbocycles. The Morgan fingerprint density at radius 1 is 0.412 bits per heavy atom. The molecule has 0 aliphatic carbocycles. The molecule has 352 valence electrons. The molecular weight excluding hydrogens is 876 g/mol. The van der Waals surface area contributed by atoms with E-state index in [0.717, 1.165) is 48.4 Å². The summed E-state index contributed by atoms with van der Waals surface area (Å²) in [5.41, 5.74) is 5.44. The minimum absolute atomic E-state index is 0.0787. The fraction of sp³-hybridized carbons (Fsp3) is 0.400. The molecule has 0 aliphatic rings. The summed E-state index contributed by atoms with van der Waals surface area (Å²) in [7, 11) is 0. The van der Waals surface area contributed by atoms with Gasteiger partial charge in [0.1, 0.15) is 35.4 Å². The van der Waals surface area contributed by atoms with Gasteiger partial charge < -0.3 is 9.80 Å². The summed E-state index contributed by atoms with van der Waals surface area (Å²) in [4.78, 5) is 5.00. The first-order valence-electron chi connectivity index (χ1n) is 25.1. The normalized spacial score (nSPS) is 11.5. The van der Waals surface area contributed by atoms with Gasteiger partial charge in [0, 0.05) is 58.1 Å². The summed E-state index contributed by atoms with van der Waals surface area (Å²) in [6.07, 6.45) is 23.2. The van der Waals surface area contributed by atoms with Crippen molar-refractivity contribution in [3.05, 3.63) is 118 Å². The van der Waals surface area contributed by atoms with Gasteiger partial charge in [-0.3, -0.25) is 0 Å². The topological polar surface area (TPSA) is 102 Å². The Hall–Kier alpha value is -6.02. The number of fused-ring (bicyclic) bond motifs is 2. The van der Waals surface area contributed by atoms with Gasteiger partial charge >= 0.3 is 0 Å². The molecule has 0 fully saturated rings. The molecule has 0 bridgehead atoms. The van der Waals surface area contributed by atoms with E-state index in [-0.39, 0.29) is 11.1 Å². The number of hydrogen-bond acceptors (Lipinski definition) is 6. The highest BCUT2D eigenvalue weighted by Crippen LogP contribution is 2.30. The third kappa shape index (κ3) is 14.5. The number of halogens is 2. The fourth-order valence-electron chi connectivity index (χ4n) is 9.04. The number of nitriles is 4. The van der Waals surface area contributed by atoms with Crippen molar-refractivity contribution in [2.24, 2.45) is 0 Å². The summed E-state index contributed by atoms with van der Waals surface area (Å²) in [6.45, 7) is 13.1. The maximum atomic E-state index is 10.3. The van der Waals surface area contributed by atoms with Gasteiger partial charge in [0.15, 0.2) is 0 Å². The van der Waals surface area contributed by atoms with Crippen LogP contribution in [0.3, 0.4) is 0 Å². The van der Waals surface area contributed by atoms with E-state index in [1.54, 1.807) is 0 Å². The van der Waals surface area contributed by atoms with Crippen LogP contribution < -0.4 is 20.2 Å². The van der Waals surface area contributed by atoms with Crippen LogP contribution in [-0.4, -0.2) is 26.2 Å². The Morgan fingerprint density at radius 3 is 1.00 bits per heavy atom. The number of unbranched alkanes of at least 4 members (excludes halogenated alkanes) is 12. The van der Waals surface area contributed by atoms with Gasteiger partial charge in [-0.25, -0.2) is 0 Å². The first kappa shape index (κ1) is 52.9. The van der Waals surface area contributed by atoms with Gasteiger partial charge in [-0.05, 0) is 118 Å². The molecule has 0 unspecified atom stereocenters. The highest BCUT2D eigenvalue weighted by molar-refractivity contribution is 6.51. The van der Waals surface area contributed by atoms with Crippen molar-refractivity contribution >= 4 is 89.5 Å². The Labute approximate surface area is 416 Å². The van der Waals surface area contributed by atoms with Crippen molar-refractivity contribution < 1.29 is 0 Å². The molecule has 68 heavy (non-hydrogen) atoms. The summed E-state index contributed by atoms with van der Waals surface area (Å²) in [5, 5.41) is 45.5. The van der Waals surface area contributed by atoms with Crippen LogP contribution in [0.2, 0.25) is 0 Å². The lowest BCUT2D eigenvalue weighted by Crippen LogP contribution is -2.25. The largest absolute Gasteiger partial charge is 0.372 e. The predicted octanol–water partition coefficient (Wildman–Crippen LogP) is 15.8. The number of anilines is 2. The molecule has 0 saturated carbocycles. The first-order chi connectivity index (χ1) is 33.2. The number of nitrogens with zero attached hydrogens (tertiary/aromatic N) is 6. The molecule has 5 rings (SSSR count). The van der Waals surface area contributed by atoms with Crippen LogP contribution in [-0.2, 0) is 0 Å². The molecule has 0 radical (unpaired) electrons. The predicted molar refractivity (Wildman–Crippen MR) is 291 cm³/mol. The third-order valence-electron chi connectivity index (χ3n) is 12.8. The molecule has 5 aromatic rings. The number of rotatable bonds is 26. The van der Waals surface area contributed by atoms with E-state index in [9.17, 15) is 21.0 Å². The summed E-state index contributed by atoms with van der Waals surface area (Å²) in [6, 6.07) is 36.5. The molecule has 0 aromatic heterocycles. The first-order valence-corrected chi connectivity index (χ1v) is 25.8. The summed E-state index contributed by atoms with van der Waals surface area (Å²) in [5.74, 6) is 0. The smallest absolute Gasteiger partial charge is 0.138 e. The Morgan fingerprint density at radius 2 is 0.721 bits per heavy atom. The van der Waals surface area contributed by atoms with E-state index in [1.165, 1.54) is 114 Å². The lowest BCUT2D eigenvalue weighted by Gasteiger charge is -2.25. The average molecular weight is 944 g/mol. The number of hydrogen-bond donors (Lipinski definition) is 0. The second-order valence-corrected chi connectivity index (χ2v) is 18.7. The summed E-state index contributed by atoms with van der Waals surface area (Å²) < 4.78 is 0. The van der Waals surface area contributed by atoms with Crippen molar-refractivity contribution in [2.75, 3.05) is 36.0 Å². The van der Waals surface area contributed by atoms with Gasteiger partial charge in [-0.2, -0.15) is 21.0 Å². The maximum Gasteiger partial charge on any atom is 0.138 e. The zero-order chi connectivity index (χ0) is 48.7. The summed E-state index contributed by atoms with van der Waals surface area (Å²) >= 11 is 14.1. The van der Waals surface area contributed by atoms with Crippen molar-refractivity contribution in [1.82, 2.24) is 0 Å². The van der Waals surface area contributed by atoms with E-state index in [4.69, 9.17) is 23.2 Å². The van der Waals surface area contributed by atoms with Gasteiger partial charge in [0.2, 0.25) is 0 Å². The quantitative estimate of drug-likeness (QED) is 0.0311. The van der Waals surface area contributed by atoms with Crippen molar-refractivity contribution in [3.63, 3.8) is 0 Å². The minimum Gasteiger partial charge on any atom is -0.372 e. The van der Waals surface area contributed by atoms with Crippen LogP contribution in [0.4, 0.5) is 11.4 Å². The van der Waals surface area contributed by atoms with Gasteiger partial charge in [-0.1, -0.05) is 176 Å². The molecule has 0 atom stereocenters. The molecular formula is C60H68Cl2N6. The molecule has 0 aliphatic heterocycles. The van der Waals surface area contributed by atoms with Gasteiger partial charge in [0.05, 0.1) is 0 Å². The van der Waals surface area contributed by atoms with Crippen molar-refractivity contribution in [1.29, 1.82) is 21.0 Å². The molecule has 0 heterocycles. The number of benzene rings is 5. The second-order valence-electron chi connectivity index (χ2n) is 17.9. The molecule has 0 amide bonds. The highest BCUT2D eigenvalue weighted by Gasteiger charge is 2.16. The minimum atomic E-state index is -0.0787. The van der Waals surface area contributed by atoms with Crippen molar-refractivity contribution in [2.45, 2.75) is 130 Å². The lowest BCUT2D eigenvalue weighted by atomic mass is 9.91. The fourth-order valence-corrected chi connectivity index (χ4v) is 9.54. The zero-order valence-corrected chi connectivity index (χ0v) is 42.3. The van der Waals surface area contributed by atoms with E-state index >= 15 is 0 Å². The van der Waals surface area contributed by atoms with Gasteiger partial charge in [0.25, 0.3) is 0 Å². The average Bonchev–Trinajstić information content (AvgIpc) is 3.36. The van der Waals surface area contributed by atoms with E-state index in [2.05, 4.69) is 110 Å². The third-order valence-corrected chi connectivity index (χ3v) is 13.5. The highest BCUT2D eigenvalue weighted by atomic mass is 35.5. The maximum absolute atomic E-state index is 10.3. The molecule has 0 saturated heterocycles. The lowest BCUT2D eigenvalue weighted by molar-refractivity contribution is 0.609. The molecule has 0 spiro atoms. The Balaban J connectivity index is 1.54. The molecule has 0 N–H and O–H groups in total. The van der Waals surface area contributed by atoms with Crippen LogP contribution in [0.5, 0.6) is 0 Å². The van der Waals surface area contributed by atoms with Crippen LogP contribution >= 0.6 is 23.2 Å². The Bertz CT molecular complexity index is 2560.